The van der Waals surface area contributed by atoms with E-state index in [1.807, 2.05) is 26.0 Å². The number of hydrogen-bond acceptors (Lipinski definition) is 5. The van der Waals surface area contributed by atoms with Crippen molar-refractivity contribution in [2.75, 3.05) is 5.32 Å². The average molecular weight is 230 g/mol. The predicted octanol–water partition coefficient (Wildman–Crippen LogP) is 2.77. The summed E-state index contributed by atoms with van der Waals surface area (Å²) in [5.41, 5.74) is 3.19. The van der Waals surface area contributed by atoms with E-state index in [1.165, 1.54) is 11.5 Å². The molecule has 0 aliphatic rings. The lowest BCUT2D eigenvalue weighted by Gasteiger charge is -2.02. The van der Waals surface area contributed by atoms with Gasteiger partial charge < -0.3 is 5.32 Å². The Morgan fingerprint density at radius 2 is 2.19 bits per heavy atom. The molecule has 0 aliphatic carbocycles. The van der Waals surface area contributed by atoms with Crippen molar-refractivity contribution in [3.05, 3.63) is 35.3 Å². The number of aryl methyl sites for hydroxylation is 2. The molecule has 0 saturated heterocycles. The molecule has 2 aromatic heterocycles. The SMILES string of the molecule is Cc1ccc(Nc2snc(C)c2C#N)cn1. The van der Waals surface area contributed by atoms with Gasteiger partial charge in [0, 0.05) is 5.69 Å². The van der Waals surface area contributed by atoms with E-state index in [9.17, 15) is 0 Å². The van der Waals surface area contributed by atoms with Crippen LogP contribution in [-0.2, 0) is 0 Å². The lowest BCUT2D eigenvalue weighted by Crippen LogP contribution is -1.91. The van der Waals surface area contributed by atoms with E-state index < -0.39 is 0 Å². The number of nitrogens with zero attached hydrogens (tertiary/aromatic N) is 3. The number of pyridine rings is 1. The summed E-state index contributed by atoms with van der Waals surface area (Å²) in [6, 6.07) is 5.99. The summed E-state index contributed by atoms with van der Waals surface area (Å²) in [6.45, 7) is 3.76. The molecular formula is C11H10N4S. The second-order valence-electron chi connectivity index (χ2n) is 3.40. The molecule has 1 N–H and O–H groups in total. The van der Waals surface area contributed by atoms with Gasteiger partial charge in [-0.2, -0.15) is 9.64 Å². The highest BCUT2D eigenvalue weighted by molar-refractivity contribution is 7.10. The summed E-state index contributed by atoms with van der Waals surface area (Å²) in [7, 11) is 0. The monoisotopic (exact) mass is 230 g/mol. The molecule has 0 aromatic carbocycles. The quantitative estimate of drug-likeness (QED) is 0.861. The molecular weight excluding hydrogens is 220 g/mol. The number of rotatable bonds is 2. The van der Waals surface area contributed by atoms with Crippen molar-refractivity contribution in [2.24, 2.45) is 0 Å². The number of nitriles is 1. The van der Waals surface area contributed by atoms with Crippen molar-refractivity contribution in [2.45, 2.75) is 13.8 Å². The second kappa shape index (κ2) is 4.29. The van der Waals surface area contributed by atoms with Crippen LogP contribution in [0.3, 0.4) is 0 Å². The molecule has 0 atom stereocenters. The van der Waals surface area contributed by atoms with Crippen LogP contribution >= 0.6 is 11.5 Å². The highest BCUT2D eigenvalue weighted by atomic mass is 32.1. The van der Waals surface area contributed by atoms with E-state index in [2.05, 4.69) is 20.7 Å². The van der Waals surface area contributed by atoms with Gasteiger partial charge in [0.25, 0.3) is 0 Å². The third-order valence-corrected chi connectivity index (χ3v) is 3.00. The zero-order chi connectivity index (χ0) is 11.5. The molecule has 4 nitrogen and oxygen atoms in total. The molecule has 0 unspecified atom stereocenters. The summed E-state index contributed by atoms with van der Waals surface area (Å²) in [6.07, 6.45) is 1.74. The molecule has 5 heteroatoms. The molecule has 0 saturated carbocycles. The third-order valence-electron chi connectivity index (χ3n) is 2.14. The molecule has 0 amide bonds. The molecule has 0 bridgehead atoms. The summed E-state index contributed by atoms with van der Waals surface area (Å²) in [5.74, 6) is 0. The van der Waals surface area contributed by atoms with Crippen LogP contribution in [0.5, 0.6) is 0 Å². The van der Waals surface area contributed by atoms with Crippen LogP contribution in [0.2, 0.25) is 0 Å². The van der Waals surface area contributed by atoms with Crippen LogP contribution in [0, 0.1) is 25.2 Å². The summed E-state index contributed by atoms with van der Waals surface area (Å²) in [5, 5.41) is 12.9. The van der Waals surface area contributed by atoms with Gasteiger partial charge in [-0.05, 0) is 37.5 Å². The van der Waals surface area contributed by atoms with Gasteiger partial charge in [0.1, 0.15) is 16.6 Å². The van der Waals surface area contributed by atoms with Crippen molar-refractivity contribution in [1.29, 1.82) is 5.26 Å². The molecule has 0 fully saturated rings. The van der Waals surface area contributed by atoms with Gasteiger partial charge in [0.15, 0.2) is 0 Å². The predicted molar refractivity (Wildman–Crippen MR) is 63.8 cm³/mol. The topological polar surface area (TPSA) is 61.6 Å². The molecule has 0 spiro atoms. The van der Waals surface area contributed by atoms with Crippen LogP contribution in [0.15, 0.2) is 18.3 Å². The van der Waals surface area contributed by atoms with Crippen LogP contribution < -0.4 is 5.32 Å². The lowest BCUT2D eigenvalue weighted by atomic mass is 10.2. The van der Waals surface area contributed by atoms with Crippen LogP contribution in [0.4, 0.5) is 10.7 Å². The van der Waals surface area contributed by atoms with Gasteiger partial charge in [-0.3, -0.25) is 4.98 Å². The summed E-state index contributed by atoms with van der Waals surface area (Å²) in [4.78, 5) is 4.18. The largest absolute Gasteiger partial charge is 0.344 e. The Labute approximate surface area is 97.7 Å². The second-order valence-corrected chi connectivity index (χ2v) is 4.17. The highest BCUT2D eigenvalue weighted by Gasteiger charge is 2.09. The maximum absolute atomic E-state index is 8.97. The van der Waals surface area contributed by atoms with Crippen molar-refractivity contribution < 1.29 is 0 Å². The van der Waals surface area contributed by atoms with Gasteiger partial charge in [-0.25, -0.2) is 0 Å². The van der Waals surface area contributed by atoms with Crippen LogP contribution in [0.25, 0.3) is 0 Å². The molecule has 0 radical (unpaired) electrons. The Morgan fingerprint density at radius 3 is 2.81 bits per heavy atom. The van der Waals surface area contributed by atoms with E-state index in [0.717, 1.165) is 22.1 Å². The van der Waals surface area contributed by atoms with E-state index in [1.54, 1.807) is 6.20 Å². The summed E-state index contributed by atoms with van der Waals surface area (Å²) >= 11 is 1.29. The third kappa shape index (κ3) is 2.02. The Bertz CT molecular complexity index is 536. The maximum Gasteiger partial charge on any atom is 0.132 e. The number of anilines is 2. The number of hydrogen-bond donors (Lipinski definition) is 1. The maximum atomic E-state index is 8.97. The van der Waals surface area contributed by atoms with Gasteiger partial charge in [-0.15, -0.1) is 0 Å². The minimum atomic E-state index is 0.602. The minimum absolute atomic E-state index is 0.602. The van der Waals surface area contributed by atoms with Crippen molar-refractivity contribution in [3.8, 4) is 6.07 Å². The molecule has 16 heavy (non-hydrogen) atoms. The van der Waals surface area contributed by atoms with Crippen LogP contribution in [0.1, 0.15) is 17.0 Å². The Hall–Kier alpha value is -1.93. The molecule has 80 valence electrons. The Balaban J connectivity index is 2.27. The van der Waals surface area contributed by atoms with Crippen molar-refractivity contribution >= 4 is 22.2 Å². The standard InChI is InChI=1S/C11H10N4S/c1-7-3-4-9(6-13-7)14-11-10(5-12)8(2)15-16-11/h3-4,6,14H,1-2H3. The first-order chi connectivity index (χ1) is 7.70. The van der Waals surface area contributed by atoms with Gasteiger partial charge >= 0.3 is 0 Å². The fourth-order valence-corrected chi connectivity index (χ4v) is 2.03. The highest BCUT2D eigenvalue weighted by Crippen LogP contribution is 2.26. The first-order valence-electron chi connectivity index (χ1n) is 4.77. The van der Waals surface area contributed by atoms with E-state index in [-0.39, 0.29) is 0 Å². The zero-order valence-corrected chi connectivity index (χ0v) is 9.80. The van der Waals surface area contributed by atoms with Gasteiger partial charge in [0.2, 0.25) is 0 Å². The van der Waals surface area contributed by atoms with E-state index >= 15 is 0 Å². The molecule has 2 rings (SSSR count). The summed E-state index contributed by atoms with van der Waals surface area (Å²) < 4.78 is 4.14. The molecule has 0 aliphatic heterocycles. The van der Waals surface area contributed by atoms with Crippen molar-refractivity contribution in [1.82, 2.24) is 9.36 Å². The number of aromatic nitrogens is 2. The van der Waals surface area contributed by atoms with Gasteiger partial charge in [0.05, 0.1) is 17.6 Å². The van der Waals surface area contributed by atoms with E-state index in [4.69, 9.17) is 5.26 Å². The minimum Gasteiger partial charge on any atom is -0.344 e. The normalized spacial score (nSPS) is 9.81. The van der Waals surface area contributed by atoms with E-state index in [0.29, 0.717) is 5.56 Å². The average Bonchev–Trinajstić information content (AvgIpc) is 2.63. The van der Waals surface area contributed by atoms with Crippen molar-refractivity contribution in [3.63, 3.8) is 0 Å². The molecule has 2 aromatic rings. The smallest absolute Gasteiger partial charge is 0.132 e. The van der Waals surface area contributed by atoms with Gasteiger partial charge in [-0.1, -0.05) is 0 Å². The lowest BCUT2D eigenvalue weighted by molar-refractivity contribution is 1.20. The van der Waals surface area contributed by atoms with Crippen LogP contribution in [-0.4, -0.2) is 9.36 Å². The first-order valence-corrected chi connectivity index (χ1v) is 5.54. The zero-order valence-electron chi connectivity index (χ0n) is 8.98. The molecule has 2 heterocycles. The Morgan fingerprint density at radius 1 is 1.38 bits per heavy atom. The number of nitrogens with one attached hydrogen (secondary N) is 1. The Kier molecular flexibility index (Phi) is 2.84. The fourth-order valence-electron chi connectivity index (χ4n) is 1.26. The first kappa shape index (κ1) is 10.6. The fraction of sp³-hybridized carbons (Fsp3) is 0.182.